The third-order valence-corrected chi connectivity index (χ3v) is 14.3. The van der Waals surface area contributed by atoms with Crippen LogP contribution in [0, 0.1) is 5.92 Å². The zero-order valence-corrected chi connectivity index (χ0v) is 48.3. The lowest BCUT2D eigenvalue weighted by Gasteiger charge is -2.30. The molecule has 16 nitrogen and oxygen atoms in total. The first-order chi connectivity index (χ1) is 37.9. The predicted octanol–water partition coefficient (Wildman–Crippen LogP) is 11.2. The maximum absolute atomic E-state index is 6.31. The number of rotatable bonds is 31. The van der Waals surface area contributed by atoms with Crippen molar-refractivity contribution in [1.29, 1.82) is 0 Å². The number of methoxy groups -OCH3 is 16. The monoisotopic (exact) mass is 1080 g/mol. The van der Waals surface area contributed by atoms with Crippen LogP contribution < -0.4 is 75.8 Å². The fourth-order valence-corrected chi connectivity index (χ4v) is 10.4. The van der Waals surface area contributed by atoms with E-state index in [1.54, 1.807) is 114 Å². The summed E-state index contributed by atoms with van der Waals surface area (Å²) in [4.78, 5) is 0. The third kappa shape index (κ3) is 13.4. The lowest BCUT2D eigenvalue weighted by Crippen LogP contribution is -2.20. The van der Waals surface area contributed by atoms with E-state index in [2.05, 4.69) is 24.3 Å². The van der Waals surface area contributed by atoms with E-state index in [4.69, 9.17) is 75.8 Å². The van der Waals surface area contributed by atoms with Crippen molar-refractivity contribution in [3.63, 3.8) is 0 Å². The summed E-state index contributed by atoms with van der Waals surface area (Å²) >= 11 is 0. The lowest BCUT2D eigenvalue weighted by molar-refractivity contribution is 0.321. The van der Waals surface area contributed by atoms with Crippen LogP contribution in [0.25, 0.3) is 0 Å². The summed E-state index contributed by atoms with van der Waals surface area (Å²) < 4.78 is 94.0. The number of hydrogen-bond acceptors (Lipinski definition) is 16. The highest BCUT2D eigenvalue weighted by Crippen LogP contribution is 2.47. The molecular weight excluding hydrogens is 1000 g/mol. The van der Waals surface area contributed by atoms with Gasteiger partial charge in [0.1, 0.15) is 23.0 Å². The van der Waals surface area contributed by atoms with Crippen molar-refractivity contribution in [2.24, 2.45) is 5.92 Å². The molecule has 0 unspecified atom stereocenters. The van der Waals surface area contributed by atoms with E-state index in [1.807, 2.05) is 48.5 Å². The van der Waals surface area contributed by atoms with Crippen LogP contribution in [0.5, 0.6) is 92.0 Å². The first-order valence-electron chi connectivity index (χ1n) is 25.5. The molecule has 0 aromatic heterocycles. The number of hydrogen-bond donors (Lipinski definition) is 0. The minimum Gasteiger partial charge on any atom is -0.496 e. The van der Waals surface area contributed by atoms with Crippen LogP contribution in [-0.4, -0.2) is 114 Å². The fraction of sp³-hybridized carbons (Fsp3) is 0.419. The van der Waals surface area contributed by atoms with Crippen molar-refractivity contribution in [1.82, 2.24) is 0 Å². The molecule has 422 valence electrons. The molecule has 0 bridgehead atoms. The normalized spacial score (nSPS) is 11.6. The summed E-state index contributed by atoms with van der Waals surface area (Å²) in [6.45, 7) is 0. The highest BCUT2D eigenvalue weighted by Gasteiger charge is 2.30. The lowest BCUT2D eigenvalue weighted by atomic mass is 9.75. The van der Waals surface area contributed by atoms with E-state index < -0.39 is 0 Å². The summed E-state index contributed by atoms with van der Waals surface area (Å²) in [6, 6.07) is 24.5. The molecule has 0 aliphatic carbocycles. The highest BCUT2D eigenvalue weighted by molar-refractivity contribution is 5.58. The molecule has 6 aromatic carbocycles. The van der Waals surface area contributed by atoms with Gasteiger partial charge in [-0.3, -0.25) is 0 Å². The second kappa shape index (κ2) is 28.5. The van der Waals surface area contributed by atoms with Gasteiger partial charge in [0.05, 0.1) is 114 Å². The average Bonchev–Trinajstić information content (AvgIpc) is 3.48. The van der Waals surface area contributed by atoms with Crippen molar-refractivity contribution >= 4 is 0 Å². The van der Waals surface area contributed by atoms with Crippen molar-refractivity contribution in [3.05, 3.63) is 117 Å². The zero-order valence-electron chi connectivity index (χ0n) is 48.3. The van der Waals surface area contributed by atoms with Crippen LogP contribution >= 0.6 is 0 Å². The number of ether oxygens (including phenoxy) is 16. The first-order valence-corrected chi connectivity index (χ1v) is 25.5. The van der Waals surface area contributed by atoms with Gasteiger partial charge in [-0.2, -0.15) is 0 Å². The van der Waals surface area contributed by atoms with Crippen molar-refractivity contribution < 1.29 is 75.8 Å². The summed E-state index contributed by atoms with van der Waals surface area (Å²) in [7, 11) is 26.1. The molecule has 0 aliphatic heterocycles. The second-order valence-electron chi connectivity index (χ2n) is 18.3. The Labute approximate surface area is 460 Å². The summed E-state index contributed by atoms with van der Waals surface area (Å²) in [5.74, 6) is 9.22. The molecule has 0 N–H and O–H groups in total. The van der Waals surface area contributed by atoms with Gasteiger partial charge in [0.25, 0.3) is 0 Å². The Morgan fingerprint density at radius 3 is 0.769 bits per heavy atom. The molecule has 0 saturated carbocycles. The largest absolute Gasteiger partial charge is 0.496 e. The van der Waals surface area contributed by atoms with Gasteiger partial charge in [0.15, 0.2) is 46.0 Å². The van der Waals surface area contributed by atoms with E-state index in [0.29, 0.717) is 132 Å². The van der Waals surface area contributed by atoms with Gasteiger partial charge >= 0.3 is 0 Å². The molecule has 0 amide bonds. The molecule has 0 spiro atoms. The predicted molar refractivity (Wildman–Crippen MR) is 300 cm³/mol. The third-order valence-electron chi connectivity index (χ3n) is 14.3. The molecule has 0 saturated heterocycles. The smallest absolute Gasteiger partial charge is 0.203 e. The summed E-state index contributed by atoms with van der Waals surface area (Å²) in [5.41, 5.74) is 7.85. The van der Waals surface area contributed by atoms with E-state index in [9.17, 15) is 0 Å². The average molecular weight is 1080 g/mol. The Bertz CT molecular complexity index is 2780. The molecular formula is C62H78O16. The highest BCUT2D eigenvalue weighted by atomic mass is 16.6. The van der Waals surface area contributed by atoms with Crippen molar-refractivity contribution in [2.75, 3.05) is 114 Å². The zero-order chi connectivity index (χ0) is 56.5. The Hall–Kier alpha value is -7.88. The Kier molecular flexibility index (Phi) is 21.7. The molecule has 6 aromatic rings. The molecule has 16 heteroatoms. The van der Waals surface area contributed by atoms with Crippen LogP contribution in [0.15, 0.2) is 72.8 Å². The van der Waals surface area contributed by atoms with Gasteiger partial charge in [0, 0.05) is 11.1 Å². The fourth-order valence-electron chi connectivity index (χ4n) is 10.4. The SMILES string of the molecule is COc1cc(CC[C@@H](Cc2cc(OC)c(OC)c(OC)c2)[C@H](Cc2cc(OC)c(OC)c(OC)c2)c2cc(OC)c(CCc3cc(OC)c(OC)c(OC)c3)c(OC)c2)cc(OC)c1CCc1cc(OC)c(OC)c(OC)c1. The van der Waals surface area contributed by atoms with E-state index in [1.165, 1.54) is 0 Å². The minimum atomic E-state index is -0.180. The molecule has 0 aliphatic rings. The molecule has 2 atom stereocenters. The van der Waals surface area contributed by atoms with Crippen LogP contribution in [0.2, 0.25) is 0 Å². The maximum atomic E-state index is 6.31. The van der Waals surface area contributed by atoms with Crippen molar-refractivity contribution in [3.8, 4) is 92.0 Å². The molecule has 6 rings (SSSR count). The van der Waals surface area contributed by atoms with Crippen LogP contribution in [0.4, 0.5) is 0 Å². The van der Waals surface area contributed by atoms with Crippen LogP contribution in [-0.2, 0) is 44.9 Å². The van der Waals surface area contributed by atoms with Gasteiger partial charge in [-0.05, 0) is 169 Å². The Morgan fingerprint density at radius 1 is 0.244 bits per heavy atom. The van der Waals surface area contributed by atoms with Crippen LogP contribution in [0.3, 0.4) is 0 Å². The topological polar surface area (TPSA) is 148 Å². The number of aryl methyl sites for hydroxylation is 3. The van der Waals surface area contributed by atoms with Gasteiger partial charge in [-0.15, -0.1) is 0 Å². The standard InChI is InChI=1S/C62H78O16/c1-63-47-25-37(26-48(64-2)44(47)21-18-38-27-51(67-5)59(75-13)52(28-38)68-6)17-20-42(23-40-31-55(71-9)61(77-15)56(32-40)72-10)46(24-41-33-57(73-11)62(78-16)58(34-41)74-12)43-35-49(65-3)45(50(36-43)66-4)22-19-39-29-53(69-7)60(76-14)54(30-39)70-8/h25-36,42,46H,17-24H2,1-16H3/t42-,46-/m0/s1. The molecule has 78 heavy (non-hydrogen) atoms. The van der Waals surface area contributed by atoms with Crippen LogP contribution in [0.1, 0.15) is 56.8 Å². The summed E-state index contributed by atoms with van der Waals surface area (Å²) in [5, 5.41) is 0. The molecule has 0 radical (unpaired) electrons. The van der Waals surface area contributed by atoms with E-state index in [0.717, 1.165) is 56.0 Å². The Morgan fingerprint density at radius 2 is 0.487 bits per heavy atom. The second-order valence-corrected chi connectivity index (χ2v) is 18.3. The van der Waals surface area contributed by atoms with Gasteiger partial charge in [-0.1, -0.05) is 0 Å². The van der Waals surface area contributed by atoms with Gasteiger partial charge in [0.2, 0.25) is 23.0 Å². The van der Waals surface area contributed by atoms with Gasteiger partial charge in [-0.25, -0.2) is 0 Å². The quantitative estimate of drug-likeness (QED) is 0.0406. The maximum Gasteiger partial charge on any atom is 0.203 e. The first kappa shape index (κ1) is 59.4. The molecule has 0 heterocycles. The number of benzene rings is 6. The molecule has 0 fully saturated rings. The van der Waals surface area contributed by atoms with E-state index >= 15 is 0 Å². The Balaban J connectivity index is 1.49. The summed E-state index contributed by atoms with van der Waals surface area (Å²) in [6.07, 6.45) is 4.99. The van der Waals surface area contributed by atoms with Gasteiger partial charge < -0.3 is 75.8 Å². The minimum absolute atomic E-state index is 0.0666. The van der Waals surface area contributed by atoms with E-state index in [-0.39, 0.29) is 11.8 Å². The van der Waals surface area contributed by atoms with Crippen molar-refractivity contribution in [2.45, 2.75) is 57.3 Å².